The highest BCUT2D eigenvalue weighted by Gasteiger charge is 2.20. The smallest absolute Gasteiger partial charge is 0.336 e. The van der Waals surface area contributed by atoms with Crippen LogP contribution in [0.2, 0.25) is 0 Å². The molecule has 3 amide bonds. The fourth-order valence-corrected chi connectivity index (χ4v) is 4.20. The van der Waals surface area contributed by atoms with Gasteiger partial charge in [0.1, 0.15) is 5.75 Å². The van der Waals surface area contributed by atoms with Crippen molar-refractivity contribution in [3.8, 4) is 5.75 Å². The number of amides is 3. The van der Waals surface area contributed by atoms with E-state index in [-0.39, 0.29) is 23.2 Å². The highest BCUT2D eigenvalue weighted by molar-refractivity contribution is 6.40. The molecule has 40 heavy (non-hydrogen) atoms. The standard InChI is InChI=1S/C31H30N4O5/c36-28(20-17-22-9-3-1-4-10-22)40-25-18-15-23(16-19-25)21-32-35-31(39)30(38)34-27-14-8-7-13-26(27)29(37)33-24-11-5-2-6-12-24/h1,3-4,7-10,13-21,24H,2,5-6,11-12H2,(H,33,37)(H,34,38)(H,35,39). The van der Waals surface area contributed by atoms with Crippen molar-refractivity contribution < 1.29 is 23.9 Å². The van der Waals surface area contributed by atoms with Gasteiger partial charge in [0.2, 0.25) is 0 Å². The van der Waals surface area contributed by atoms with Crippen LogP contribution in [-0.2, 0) is 14.4 Å². The molecule has 4 rings (SSSR count). The van der Waals surface area contributed by atoms with Gasteiger partial charge in [-0.05, 0) is 66.4 Å². The molecule has 0 atom stereocenters. The predicted molar refractivity (Wildman–Crippen MR) is 153 cm³/mol. The van der Waals surface area contributed by atoms with Crippen molar-refractivity contribution in [1.29, 1.82) is 0 Å². The number of esters is 1. The number of rotatable bonds is 8. The van der Waals surface area contributed by atoms with Crippen molar-refractivity contribution in [1.82, 2.24) is 10.7 Å². The molecule has 0 aromatic heterocycles. The lowest BCUT2D eigenvalue weighted by molar-refractivity contribution is -0.136. The summed E-state index contributed by atoms with van der Waals surface area (Å²) in [7, 11) is 0. The summed E-state index contributed by atoms with van der Waals surface area (Å²) < 4.78 is 5.27. The van der Waals surface area contributed by atoms with Gasteiger partial charge in [-0.3, -0.25) is 14.4 Å². The number of carbonyl (C=O) groups is 4. The van der Waals surface area contributed by atoms with Gasteiger partial charge in [-0.2, -0.15) is 5.10 Å². The van der Waals surface area contributed by atoms with E-state index in [0.29, 0.717) is 11.3 Å². The quantitative estimate of drug-likeness (QED) is 0.0975. The molecular formula is C31H30N4O5. The summed E-state index contributed by atoms with van der Waals surface area (Å²) in [4.78, 5) is 49.5. The Hall–Kier alpha value is -5.05. The zero-order valence-electron chi connectivity index (χ0n) is 21.8. The molecule has 3 N–H and O–H groups in total. The van der Waals surface area contributed by atoms with Crippen molar-refractivity contribution in [3.05, 3.63) is 102 Å². The van der Waals surface area contributed by atoms with Crippen LogP contribution in [-0.4, -0.2) is 35.9 Å². The van der Waals surface area contributed by atoms with E-state index in [4.69, 9.17) is 4.74 Å². The second-order valence-corrected chi connectivity index (χ2v) is 9.24. The van der Waals surface area contributed by atoms with Gasteiger partial charge >= 0.3 is 17.8 Å². The molecule has 0 heterocycles. The number of hydrogen-bond acceptors (Lipinski definition) is 6. The third kappa shape index (κ3) is 8.49. The van der Waals surface area contributed by atoms with Crippen LogP contribution in [0.4, 0.5) is 5.69 Å². The molecule has 3 aromatic carbocycles. The molecular weight excluding hydrogens is 508 g/mol. The Labute approximate surface area is 232 Å². The van der Waals surface area contributed by atoms with E-state index in [0.717, 1.165) is 31.2 Å². The number of hydrogen-bond donors (Lipinski definition) is 3. The van der Waals surface area contributed by atoms with Crippen molar-refractivity contribution in [2.75, 3.05) is 5.32 Å². The van der Waals surface area contributed by atoms with Crippen LogP contribution in [0.25, 0.3) is 6.08 Å². The first-order valence-corrected chi connectivity index (χ1v) is 13.1. The van der Waals surface area contributed by atoms with Gasteiger partial charge in [-0.15, -0.1) is 0 Å². The molecule has 0 saturated heterocycles. The van der Waals surface area contributed by atoms with E-state index in [1.807, 2.05) is 30.3 Å². The Morgan fingerprint density at radius 2 is 1.48 bits per heavy atom. The molecule has 1 aliphatic carbocycles. The lowest BCUT2D eigenvalue weighted by Gasteiger charge is -2.23. The number of hydrazone groups is 1. The average Bonchev–Trinajstić information content (AvgIpc) is 2.98. The van der Waals surface area contributed by atoms with Gasteiger partial charge in [-0.1, -0.05) is 61.7 Å². The number of benzene rings is 3. The Bertz CT molecular complexity index is 1390. The zero-order valence-corrected chi connectivity index (χ0v) is 21.8. The van der Waals surface area contributed by atoms with E-state index < -0.39 is 17.8 Å². The second kappa shape index (κ2) is 14.2. The minimum atomic E-state index is -0.991. The fourth-order valence-electron chi connectivity index (χ4n) is 4.20. The molecule has 204 valence electrons. The number of ether oxygens (including phenoxy) is 1. The maximum atomic E-state index is 12.8. The number of anilines is 1. The SMILES string of the molecule is O=C(C=Cc1ccccc1)Oc1ccc(C=NNC(=O)C(=O)Nc2ccccc2C(=O)NC2CCCCC2)cc1. The molecule has 0 bridgehead atoms. The Kier molecular flexibility index (Phi) is 9.93. The number of nitrogens with one attached hydrogen (secondary N) is 3. The lowest BCUT2D eigenvalue weighted by atomic mass is 9.95. The summed E-state index contributed by atoms with van der Waals surface area (Å²) in [6, 6.07) is 22.5. The summed E-state index contributed by atoms with van der Waals surface area (Å²) in [5, 5.41) is 9.31. The summed E-state index contributed by atoms with van der Waals surface area (Å²) in [6.07, 6.45) is 9.53. The summed E-state index contributed by atoms with van der Waals surface area (Å²) in [5.41, 5.74) is 4.18. The molecule has 0 aliphatic heterocycles. The molecule has 9 heteroatoms. The lowest BCUT2D eigenvalue weighted by Crippen LogP contribution is -2.37. The van der Waals surface area contributed by atoms with Crippen molar-refractivity contribution in [2.45, 2.75) is 38.1 Å². The highest BCUT2D eigenvalue weighted by atomic mass is 16.5. The number of para-hydroxylation sites is 1. The van der Waals surface area contributed by atoms with E-state index in [1.54, 1.807) is 54.6 Å². The molecule has 9 nitrogen and oxygen atoms in total. The van der Waals surface area contributed by atoms with Crippen LogP contribution in [0.5, 0.6) is 5.75 Å². The van der Waals surface area contributed by atoms with E-state index >= 15 is 0 Å². The molecule has 1 saturated carbocycles. The molecule has 1 aliphatic rings. The van der Waals surface area contributed by atoms with Gasteiger partial charge in [0, 0.05) is 12.1 Å². The molecule has 1 fully saturated rings. The Morgan fingerprint density at radius 3 is 2.23 bits per heavy atom. The van der Waals surface area contributed by atoms with Crippen molar-refractivity contribution in [2.24, 2.45) is 5.10 Å². The minimum absolute atomic E-state index is 0.111. The normalized spacial score (nSPS) is 13.6. The Morgan fingerprint density at radius 1 is 0.775 bits per heavy atom. The first-order chi connectivity index (χ1) is 19.5. The van der Waals surface area contributed by atoms with Gasteiger partial charge < -0.3 is 15.4 Å². The van der Waals surface area contributed by atoms with Crippen LogP contribution in [0.3, 0.4) is 0 Å². The topological polar surface area (TPSA) is 126 Å². The van der Waals surface area contributed by atoms with Crippen LogP contribution in [0.1, 0.15) is 53.6 Å². The maximum absolute atomic E-state index is 12.8. The first-order valence-electron chi connectivity index (χ1n) is 13.1. The van der Waals surface area contributed by atoms with Gasteiger partial charge in [0.15, 0.2) is 0 Å². The number of nitrogens with zero attached hydrogens (tertiary/aromatic N) is 1. The summed E-state index contributed by atoms with van der Waals surface area (Å²) in [5.74, 6) is -2.41. The average molecular weight is 539 g/mol. The minimum Gasteiger partial charge on any atom is -0.423 e. The summed E-state index contributed by atoms with van der Waals surface area (Å²) in [6.45, 7) is 0. The third-order valence-electron chi connectivity index (χ3n) is 6.26. The van der Waals surface area contributed by atoms with Gasteiger partial charge in [0.05, 0.1) is 17.5 Å². The van der Waals surface area contributed by atoms with Gasteiger partial charge in [-0.25, -0.2) is 10.2 Å². The fraction of sp³-hybridized carbons (Fsp3) is 0.194. The van der Waals surface area contributed by atoms with Crippen molar-refractivity contribution in [3.63, 3.8) is 0 Å². The van der Waals surface area contributed by atoms with E-state index in [1.165, 1.54) is 18.7 Å². The highest BCUT2D eigenvalue weighted by Crippen LogP contribution is 2.20. The zero-order chi connectivity index (χ0) is 28.2. The second-order valence-electron chi connectivity index (χ2n) is 9.24. The number of carbonyl (C=O) groups excluding carboxylic acids is 4. The third-order valence-corrected chi connectivity index (χ3v) is 6.26. The van der Waals surface area contributed by atoms with Crippen LogP contribution in [0.15, 0.2) is 90.0 Å². The van der Waals surface area contributed by atoms with Crippen LogP contribution in [0, 0.1) is 0 Å². The summed E-state index contributed by atoms with van der Waals surface area (Å²) >= 11 is 0. The van der Waals surface area contributed by atoms with E-state index in [2.05, 4.69) is 21.2 Å². The molecule has 0 radical (unpaired) electrons. The maximum Gasteiger partial charge on any atom is 0.336 e. The van der Waals surface area contributed by atoms with Crippen LogP contribution < -0.4 is 20.8 Å². The predicted octanol–water partition coefficient (Wildman–Crippen LogP) is 4.46. The largest absolute Gasteiger partial charge is 0.423 e. The Balaban J connectivity index is 1.26. The van der Waals surface area contributed by atoms with Crippen LogP contribution >= 0.6 is 0 Å². The molecule has 0 spiro atoms. The monoisotopic (exact) mass is 538 g/mol. The molecule has 0 unspecified atom stereocenters. The van der Waals surface area contributed by atoms with E-state index in [9.17, 15) is 19.2 Å². The van der Waals surface area contributed by atoms with Gasteiger partial charge in [0.25, 0.3) is 5.91 Å². The first kappa shape index (κ1) is 28.0. The van der Waals surface area contributed by atoms with Crippen molar-refractivity contribution >= 4 is 41.7 Å². The molecule has 3 aromatic rings.